The van der Waals surface area contributed by atoms with Crippen LogP contribution in [0.1, 0.15) is 48.2 Å². The summed E-state index contributed by atoms with van der Waals surface area (Å²) >= 11 is 1.36. The molecule has 0 aliphatic carbocycles. The molecule has 3 aromatic rings. The lowest BCUT2D eigenvalue weighted by atomic mass is 10.1. The van der Waals surface area contributed by atoms with Crippen LogP contribution in [0.5, 0.6) is 0 Å². The standard InChI is InChI=1S/C22H25N3OS/c1-3-5-6-17-9-11-18(12-10-17)20(26)15-27-22-23-21(24-25-22)19-13-7-16(4-2)8-14-19/h7-14H,3-6,15H2,1-2H3,(H,23,24,25). The third kappa shape index (κ3) is 5.30. The molecule has 0 bridgehead atoms. The number of hydrogen-bond donors (Lipinski definition) is 1. The molecule has 0 saturated heterocycles. The second kappa shape index (κ2) is 9.51. The predicted octanol–water partition coefficient (Wildman–Crippen LogP) is 5.35. The number of aryl methyl sites for hydroxylation is 2. The monoisotopic (exact) mass is 379 g/mol. The molecule has 0 radical (unpaired) electrons. The van der Waals surface area contributed by atoms with Crippen LogP contribution in [0.3, 0.4) is 0 Å². The quantitative estimate of drug-likeness (QED) is 0.402. The van der Waals surface area contributed by atoms with Crippen LogP contribution in [0.4, 0.5) is 0 Å². The Morgan fingerprint density at radius 1 is 1.00 bits per heavy atom. The molecular weight excluding hydrogens is 354 g/mol. The smallest absolute Gasteiger partial charge is 0.209 e. The fourth-order valence-corrected chi connectivity index (χ4v) is 3.48. The third-order valence-electron chi connectivity index (χ3n) is 4.53. The molecule has 0 atom stereocenters. The number of ketones is 1. The van der Waals surface area contributed by atoms with E-state index in [1.807, 2.05) is 24.3 Å². The Hall–Kier alpha value is -2.40. The number of aromatic amines is 1. The summed E-state index contributed by atoms with van der Waals surface area (Å²) in [6.07, 6.45) is 4.44. The van der Waals surface area contributed by atoms with E-state index in [-0.39, 0.29) is 5.78 Å². The number of Topliss-reactive ketones (excluding diaryl/α,β-unsaturated/α-hetero) is 1. The summed E-state index contributed by atoms with van der Waals surface area (Å²) in [5.41, 5.74) is 4.32. The van der Waals surface area contributed by atoms with Gasteiger partial charge in [0.2, 0.25) is 5.16 Å². The largest absolute Gasteiger partial charge is 0.293 e. The molecule has 0 amide bonds. The summed E-state index contributed by atoms with van der Waals surface area (Å²) in [7, 11) is 0. The molecule has 0 aliphatic heterocycles. The summed E-state index contributed by atoms with van der Waals surface area (Å²) in [4.78, 5) is 16.9. The van der Waals surface area contributed by atoms with Crippen molar-refractivity contribution in [3.05, 3.63) is 65.2 Å². The number of hydrogen-bond acceptors (Lipinski definition) is 4. The molecule has 1 N–H and O–H groups in total. The molecule has 0 unspecified atom stereocenters. The minimum atomic E-state index is 0.0979. The predicted molar refractivity (Wildman–Crippen MR) is 111 cm³/mol. The summed E-state index contributed by atoms with van der Waals surface area (Å²) in [5.74, 6) is 1.16. The topological polar surface area (TPSA) is 58.6 Å². The van der Waals surface area contributed by atoms with Crippen LogP contribution in [-0.2, 0) is 12.8 Å². The van der Waals surface area contributed by atoms with Crippen molar-refractivity contribution in [3.8, 4) is 11.4 Å². The number of H-pyrrole nitrogens is 1. The minimum Gasteiger partial charge on any atom is -0.293 e. The van der Waals surface area contributed by atoms with Gasteiger partial charge in [0.1, 0.15) is 0 Å². The van der Waals surface area contributed by atoms with E-state index in [0.29, 0.717) is 10.9 Å². The third-order valence-corrected chi connectivity index (χ3v) is 5.38. The normalized spacial score (nSPS) is 10.9. The number of nitrogens with zero attached hydrogens (tertiary/aromatic N) is 2. The van der Waals surface area contributed by atoms with E-state index < -0.39 is 0 Å². The second-order valence-corrected chi connectivity index (χ2v) is 7.47. The zero-order valence-corrected chi connectivity index (χ0v) is 16.7. The van der Waals surface area contributed by atoms with Crippen molar-refractivity contribution in [2.75, 3.05) is 5.75 Å². The van der Waals surface area contributed by atoms with E-state index in [1.54, 1.807) is 0 Å². The maximum atomic E-state index is 12.4. The van der Waals surface area contributed by atoms with Crippen LogP contribution in [-0.4, -0.2) is 26.7 Å². The second-order valence-electron chi connectivity index (χ2n) is 6.53. The molecule has 140 valence electrons. The van der Waals surface area contributed by atoms with Crippen LogP contribution in [0.15, 0.2) is 53.7 Å². The van der Waals surface area contributed by atoms with Crippen molar-refractivity contribution < 1.29 is 4.79 Å². The minimum absolute atomic E-state index is 0.0979. The number of aromatic nitrogens is 3. The fourth-order valence-electron chi connectivity index (χ4n) is 2.79. The van der Waals surface area contributed by atoms with E-state index in [1.165, 1.54) is 35.7 Å². The molecule has 0 aliphatic rings. The van der Waals surface area contributed by atoms with Gasteiger partial charge in [-0.05, 0) is 30.4 Å². The van der Waals surface area contributed by atoms with Gasteiger partial charge < -0.3 is 0 Å². The zero-order valence-electron chi connectivity index (χ0n) is 15.9. The van der Waals surface area contributed by atoms with Gasteiger partial charge in [-0.15, -0.1) is 5.10 Å². The summed E-state index contributed by atoms with van der Waals surface area (Å²) in [6.45, 7) is 4.32. The van der Waals surface area contributed by atoms with Crippen LogP contribution >= 0.6 is 11.8 Å². The summed E-state index contributed by atoms with van der Waals surface area (Å²) in [6, 6.07) is 16.2. The van der Waals surface area contributed by atoms with Gasteiger partial charge in [-0.2, -0.15) is 0 Å². The first-order valence-electron chi connectivity index (χ1n) is 9.46. The van der Waals surface area contributed by atoms with Gasteiger partial charge in [-0.25, -0.2) is 4.98 Å². The van der Waals surface area contributed by atoms with Crippen molar-refractivity contribution in [2.24, 2.45) is 0 Å². The highest BCUT2D eigenvalue weighted by molar-refractivity contribution is 7.99. The van der Waals surface area contributed by atoms with E-state index in [9.17, 15) is 4.79 Å². The highest BCUT2D eigenvalue weighted by atomic mass is 32.2. The van der Waals surface area contributed by atoms with Crippen molar-refractivity contribution in [1.29, 1.82) is 0 Å². The maximum Gasteiger partial charge on any atom is 0.209 e. The lowest BCUT2D eigenvalue weighted by Gasteiger charge is -2.02. The Morgan fingerprint density at radius 2 is 1.70 bits per heavy atom. The number of benzene rings is 2. The zero-order chi connectivity index (χ0) is 19.1. The fraction of sp³-hybridized carbons (Fsp3) is 0.318. The highest BCUT2D eigenvalue weighted by Gasteiger charge is 2.11. The van der Waals surface area contributed by atoms with E-state index >= 15 is 0 Å². The van der Waals surface area contributed by atoms with Gasteiger partial charge in [0, 0.05) is 11.1 Å². The number of thioether (sulfide) groups is 1. The first-order valence-corrected chi connectivity index (χ1v) is 10.4. The molecule has 2 aromatic carbocycles. The Bertz CT molecular complexity index is 869. The van der Waals surface area contributed by atoms with Gasteiger partial charge in [0.25, 0.3) is 0 Å². The number of rotatable bonds is 9. The van der Waals surface area contributed by atoms with Gasteiger partial charge in [0.05, 0.1) is 5.75 Å². The van der Waals surface area contributed by atoms with Crippen molar-refractivity contribution >= 4 is 17.5 Å². The molecule has 1 aromatic heterocycles. The molecule has 0 saturated carbocycles. The molecule has 3 rings (SSSR count). The van der Waals surface area contributed by atoms with Gasteiger partial charge in [-0.3, -0.25) is 9.89 Å². The SMILES string of the molecule is CCCCc1ccc(C(=O)CSc2n[nH]c(-c3ccc(CC)cc3)n2)cc1. The highest BCUT2D eigenvalue weighted by Crippen LogP contribution is 2.21. The van der Waals surface area contributed by atoms with Gasteiger partial charge in [0.15, 0.2) is 11.6 Å². The number of carbonyl (C=O) groups is 1. The van der Waals surface area contributed by atoms with E-state index in [2.05, 4.69) is 53.3 Å². The lowest BCUT2D eigenvalue weighted by molar-refractivity contribution is 0.102. The van der Waals surface area contributed by atoms with E-state index in [0.717, 1.165) is 29.8 Å². The molecule has 4 nitrogen and oxygen atoms in total. The maximum absolute atomic E-state index is 12.4. The first kappa shape index (κ1) is 19.4. The Kier molecular flexibility index (Phi) is 6.82. The van der Waals surface area contributed by atoms with Gasteiger partial charge in [-0.1, -0.05) is 80.6 Å². The van der Waals surface area contributed by atoms with Crippen LogP contribution in [0, 0.1) is 0 Å². The lowest BCUT2D eigenvalue weighted by Crippen LogP contribution is -2.02. The molecule has 0 spiro atoms. The van der Waals surface area contributed by atoms with E-state index in [4.69, 9.17) is 0 Å². The van der Waals surface area contributed by atoms with Crippen molar-refractivity contribution in [1.82, 2.24) is 15.2 Å². The number of nitrogens with one attached hydrogen (secondary N) is 1. The average Bonchev–Trinajstić information content (AvgIpc) is 3.20. The van der Waals surface area contributed by atoms with Crippen LogP contribution < -0.4 is 0 Å². The number of unbranched alkanes of at least 4 members (excludes halogenated alkanes) is 1. The van der Waals surface area contributed by atoms with Crippen molar-refractivity contribution in [3.63, 3.8) is 0 Å². The summed E-state index contributed by atoms with van der Waals surface area (Å²) < 4.78 is 0. The Labute approximate surface area is 164 Å². The summed E-state index contributed by atoms with van der Waals surface area (Å²) in [5, 5.41) is 7.77. The molecule has 0 fully saturated rings. The average molecular weight is 380 g/mol. The molecule has 1 heterocycles. The number of carbonyl (C=O) groups excluding carboxylic acids is 1. The molecule has 5 heteroatoms. The first-order chi connectivity index (χ1) is 13.2. The van der Waals surface area contributed by atoms with Gasteiger partial charge >= 0.3 is 0 Å². The van der Waals surface area contributed by atoms with Crippen molar-refractivity contribution in [2.45, 2.75) is 44.7 Å². The van der Waals surface area contributed by atoms with Crippen LogP contribution in [0.25, 0.3) is 11.4 Å². The molecule has 27 heavy (non-hydrogen) atoms. The van der Waals surface area contributed by atoms with Crippen LogP contribution in [0.2, 0.25) is 0 Å². The molecular formula is C22H25N3OS. The Balaban J connectivity index is 1.56. The Morgan fingerprint density at radius 3 is 2.37 bits per heavy atom.